The number of hydrogen-bond donors (Lipinski definition) is 4. The minimum absolute atomic E-state index is 0. The highest BCUT2D eigenvalue weighted by Gasteiger charge is 2.32. The van der Waals surface area contributed by atoms with E-state index in [2.05, 4.69) is 21.3 Å². The standard InChI is InChI=1S/C34H36N6O2.ClH/c41-33(35-25-16-12-21(13-17-25)31-37-27-8-1-2-9-28(27)38-31)23-6-5-7-24(20-23)34(42)36-26-18-14-22(15-19-26)32-39-29-10-3-4-11-30(29)40-32;/h5-7,12-20,27-30H,1-4,8-11H2,(H,35,41)(H,36,42)(H,37,38)(H,39,40);1H. The zero-order valence-electron chi connectivity index (χ0n) is 24.0. The number of hydrogen-bond acceptors (Lipinski definition) is 6. The van der Waals surface area contributed by atoms with Crippen LogP contribution in [0.15, 0.2) is 82.8 Å². The lowest BCUT2D eigenvalue weighted by Crippen LogP contribution is -2.36. The molecule has 0 radical (unpaired) electrons. The summed E-state index contributed by atoms with van der Waals surface area (Å²) in [6.07, 6.45) is 9.64. The molecule has 9 heteroatoms. The number of nitrogens with one attached hydrogen (secondary N) is 4. The van der Waals surface area contributed by atoms with E-state index >= 15 is 0 Å². The fraction of sp³-hybridized carbons (Fsp3) is 0.353. The number of fused-ring (bicyclic) bond motifs is 2. The molecular weight excluding hydrogens is 560 g/mol. The lowest BCUT2D eigenvalue weighted by Gasteiger charge is -2.23. The monoisotopic (exact) mass is 596 g/mol. The Kier molecular flexibility index (Phi) is 8.47. The lowest BCUT2D eigenvalue weighted by molar-refractivity contribution is 0.102. The van der Waals surface area contributed by atoms with Crippen molar-refractivity contribution in [3.05, 3.63) is 95.1 Å². The zero-order valence-corrected chi connectivity index (χ0v) is 24.8. The first-order valence-electron chi connectivity index (χ1n) is 15.2. The second-order valence-electron chi connectivity index (χ2n) is 11.8. The van der Waals surface area contributed by atoms with Crippen LogP contribution in [0.2, 0.25) is 0 Å². The van der Waals surface area contributed by atoms with Crippen molar-refractivity contribution in [3.63, 3.8) is 0 Å². The predicted octanol–water partition coefficient (Wildman–Crippen LogP) is 5.94. The Morgan fingerprint density at radius 1 is 0.605 bits per heavy atom. The molecule has 4 N–H and O–H groups in total. The second kappa shape index (κ2) is 12.6. The third-order valence-electron chi connectivity index (χ3n) is 8.91. The van der Waals surface area contributed by atoms with Gasteiger partial charge in [-0.15, -0.1) is 12.4 Å². The molecule has 2 amide bonds. The SMILES string of the molecule is Cl.O=C(Nc1ccc(C2=NC3CCCCC3N2)cc1)c1cccc(C(=O)Nc2ccc(C3=NC4CCCCC4N3)cc2)c1. The van der Waals surface area contributed by atoms with E-state index in [9.17, 15) is 9.59 Å². The van der Waals surface area contributed by atoms with Gasteiger partial charge < -0.3 is 21.3 Å². The molecule has 0 spiro atoms. The molecule has 0 bridgehead atoms. The fourth-order valence-electron chi connectivity index (χ4n) is 6.57. The van der Waals surface area contributed by atoms with Crippen molar-refractivity contribution in [1.29, 1.82) is 0 Å². The molecule has 2 heterocycles. The number of halogens is 1. The molecule has 8 nitrogen and oxygen atoms in total. The van der Waals surface area contributed by atoms with Crippen LogP contribution in [-0.4, -0.2) is 47.7 Å². The molecule has 222 valence electrons. The van der Waals surface area contributed by atoms with Crippen LogP contribution < -0.4 is 21.3 Å². The Bertz CT molecular complexity index is 1440. The number of rotatable bonds is 6. The van der Waals surface area contributed by atoms with E-state index in [-0.39, 0.29) is 24.2 Å². The number of nitrogens with zero attached hydrogens (tertiary/aromatic N) is 2. The van der Waals surface area contributed by atoms with Crippen molar-refractivity contribution < 1.29 is 9.59 Å². The summed E-state index contributed by atoms with van der Waals surface area (Å²) in [6, 6.07) is 23.9. The van der Waals surface area contributed by atoms with Crippen LogP contribution in [0.25, 0.3) is 0 Å². The van der Waals surface area contributed by atoms with E-state index in [0.29, 0.717) is 46.7 Å². The molecule has 2 saturated carbocycles. The van der Waals surface area contributed by atoms with Gasteiger partial charge in [-0.1, -0.05) is 31.7 Å². The van der Waals surface area contributed by atoms with Gasteiger partial charge in [-0.05, 0) is 92.4 Å². The molecule has 2 fully saturated rings. The smallest absolute Gasteiger partial charge is 0.255 e. The molecule has 4 unspecified atom stereocenters. The van der Waals surface area contributed by atoms with Gasteiger partial charge in [0, 0.05) is 45.7 Å². The number of anilines is 2. The zero-order chi connectivity index (χ0) is 28.5. The number of carbonyl (C=O) groups excluding carboxylic acids is 2. The molecule has 0 saturated heterocycles. The van der Waals surface area contributed by atoms with Crippen molar-refractivity contribution in [2.24, 2.45) is 9.98 Å². The van der Waals surface area contributed by atoms with Crippen LogP contribution >= 0.6 is 12.4 Å². The Labute approximate surface area is 258 Å². The van der Waals surface area contributed by atoms with E-state index in [1.54, 1.807) is 24.3 Å². The van der Waals surface area contributed by atoms with Crippen molar-refractivity contribution in [3.8, 4) is 0 Å². The molecule has 4 atom stereocenters. The third-order valence-corrected chi connectivity index (χ3v) is 8.91. The molecule has 2 aliphatic heterocycles. The molecular formula is C34H37ClN6O2. The summed E-state index contributed by atoms with van der Waals surface area (Å²) >= 11 is 0. The van der Waals surface area contributed by atoms with Crippen LogP contribution in [0.5, 0.6) is 0 Å². The fourth-order valence-corrected chi connectivity index (χ4v) is 6.57. The molecule has 4 aliphatic rings. The largest absolute Gasteiger partial charge is 0.365 e. The minimum atomic E-state index is -0.269. The van der Waals surface area contributed by atoms with Crippen molar-refractivity contribution in [2.75, 3.05) is 10.6 Å². The average molecular weight is 597 g/mol. The van der Waals surface area contributed by atoms with E-state index in [1.165, 1.54) is 38.5 Å². The maximum Gasteiger partial charge on any atom is 0.255 e. The van der Waals surface area contributed by atoms with Gasteiger partial charge in [-0.2, -0.15) is 0 Å². The first kappa shape index (κ1) is 28.9. The van der Waals surface area contributed by atoms with Crippen molar-refractivity contribution in [2.45, 2.75) is 75.5 Å². The Morgan fingerprint density at radius 3 is 1.44 bits per heavy atom. The highest BCUT2D eigenvalue weighted by molar-refractivity contribution is 6.09. The third kappa shape index (κ3) is 6.30. The number of aliphatic imine (C=N–C) groups is 2. The second-order valence-corrected chi connectivity index (χ2v) is 11.8. The summed E-state index contributed by atoms with van der Waals surface area (Å²) in [7, 11) is 0. The lowest BCUT2D eigenvalue weighted by atomic mass is 9.92. The Balaban J connectivity index is 0.00000329. The van der Waals surface area contributed by atoms with Crippen molar-refractivity contribution >= 4 is 47.3 Å². The van der Waals surface area contributed by atoms with Gasteiger partial charge in [0.15, 0.2) is 0 Å². The normalized spacial score (nSPS) is 23.7. The van der Waals surface area contributed by atoms with E-state index < -0.39 is 0 Å². The molecule has 0 aromatic heterocycles. The van der Waals surface area contributed by atoms with Crippen LogP contribution in [0.4, 0.5) is 11.4 Å². The van der Waals surface area contributed by atoms with E-state index in [0.717, 1.165) is 35.6 Å². The minimum Gasteiger partial charge on any atom is -0.365 e. The van der Waals surface area contributed by atoms with Gasteiger partial charge in [-0.3, -0.25) is 19.6 Å². The van der Waals surface area contributed by atoms with E-state index in [4.69, 9.17) is 9.98 Å². The topological polar surface area (TPSA) is 107 Å². The van der Waals surface area contributed by atoms with Crippen LogP contribution in [0.3, 0.4) is 0 Å². The van der Waals surface area contributed by atoms with Crippen molar-refractivity contribution in [1.82, 2.24) is 10.6 Å². The highest BCUT2D eigenvalue weighted by atomic mass is 35.5. The van der Waals surface area contributed by atoms with Gasteiger partial charge in [0.05, 0.1) is 12.1 Å². The average Bonchev–Trinajstić information content (AvgIpc) is 3.67. The molecule has 7 rings (SSSR count). The summed E-state index contributed by atoms with van der Waals surface area (Å²) in [5.41, 5.74) is 4.27. The molecule has 3 aromatic rings. The van der Waals surface area contributed by atoms with Crippen LogP contribution in [0, 0.1) is 0 Å². The van der Waals surface area contributed by atoms with Gasteiger partial charge in [-0.25, -0.2) is 0 Å². The van der Waals surface area contributed by atoms with Crippen LogP contribution in [-0.2, 0) is 0 Å². The summed E-state index contributed by atoms with van der Waals surface area (Å²) in [5.74, 6) is 1.35. The first-order chi connectivity index (χ1) is 20.6. The predicted molar refractivity (Wildman–Crippen MR) is 174 cm³/mol. The Hall–Kier alpha value is -4.17. The maximum atomic E-state index is 13.0. The summed E-state index contributed by atoms with van der Waals surface area (Å²) in [6.45, 7) is 0. The van der Waals surface area contributed by atoms with Crippen LogP contribution in [0.1, 0.15) is 83.2 Å². The summed E-state index contributed by atoms with van der Waals surface area (Å²) < 4.78 is 0. The highest BCUT2D eigenvalue weighted by Crippen LogP contribution is 2.28. The summed E-state index contributed by atoms with van der Waals surface area (Å²) in [5, 5.41) is 13.0. The van der Waals surface area contributed by atoms with Gasteiger partial charge in [0.1, 0.15) is 11.7 Å². The van der Waals surface area contributed by atoms with Gasteiger partial charge in [0.2, 0.25) is 0 Å². The first-order valence-corrected chi connectivity index (χ1v) is 15.2. The number of benzene rings is 3. The quantitative estimate of drug-likeness (QED) is 0.283. The molecule has 3 aromatic carbocycles. The van der Waals surface area contributed by atoms with Gasteiger partial charge in [0.25, 0.3) is 11.8 Å². The van der Waals surface area contributed by atoms with E-state index in [1.807, 2.05) is 48.5 Å². The summed E-state index contributed by atoms with van der Waals surface area (Å²) in [4.78, 5) is 35.8. The molecule has 43 heavy (non-hydrogen) atoms. The Morgan fingerprint density at radius 2 is 1.02 bits per heavy atom. The molecule has 2 aliphatic carbocycles. The maximum absolute atomic E-state index is 13.0. The number of carbonyl (C=O) groups is 2. The number of amides is 2. The van der Waals surface area contributed by atoms with Gasteiger partial charge >= 0.3 is 0 Å². The number of amidine groups is 2.